The number of likely N-dealkylation sites (tertiary alicyclic amines) is 1. The summed E-state index contributed by atoms with van der Waals surface area (Å²) >= 11 is 0. The summed E-state index contributed by atoms with van der Waals surface area (Å²) in [6, 6.07) is 19.8. The van der Waals surface area contributed by atoms with E-state index in [4.69, 9.17) is 4.98 Å². The lowest BCUT2D eigenvalue weighted by Gasteiger charge is -2.30. The van der Waals surface area contributed by atoms with Crippen LogP contribution in [0.1, 0.15) is 28.9 Å². The van der Waals surface area contributed by atoms with Gasteiger partial charge in [-0.1, -0.05) is 60.7 Å². The minimum absolute atomic E-state index is 0.146. The van der Waals surface area contributed by atoms with Crippen LogP contribution in [0, 0.1) is 5.92 Å². The number of rotatable bonds is 5. The first kappa shape index (κ1) is 16.7. The van der Waals surface area contributed by atoms with Crippen LogP contribution >= 0.6 is 0 Å². The Kier molecular flexibility index (Phi) is 4.93. The molecule has 0 aliphatic carbocycles. The molecule has 3 aromatic rings. The van der Waals surface area contributed by atoms with Crippen LogP contribution < -0.4 is 0 Å². The largest absolute Gasteiger partial charge is 0.344 e. The second-order valence-corrected chi connectivity index (χ2v) is 6.89. The van der Waals surface area contributed by atoms with Crippen LogP contribution in [0.25, 0.3) is 11.4 Å². The average molecular weight is 345 g/mol. The number of nitrogens with one attached hydrogen (secondary N) is 1. The molecule has 1 saturated heterocycles. The number of ketones is 1. The topological polar surface area (TPSA) is 49.0 Å². The highest BCUT2D eigenvalue weighted by Gasteiger charge is 2.26. The Bertz CT molecular complexity index is 849. The molecule has 0 bridgehead atoms. The van der Waals surface area contributed by atoms with Crippen LogP contribution in [0.15, 0.2) is 66.9 Å². The summed E-state index contributed by atoms with van der Waals surface area (Å²) in [5.74, 6) is 1.35. The highest BCUT2D eigenvalue weighted by atomic mass is 16.1. The Morgan fingerprint density at radius 1 is 1.00 bits per heavy atom. The molecule has 1 N–H and O–H groups in total. The second-order valence-electron chi connectivity index (χ2n) is 6.89. The Balaban J connectivity index is 1.33. The molecular weight excluding hydrogens is 322 g/mol. The molecule has 1 aliphatic heterocycles. The van der Waals surface area contributed by atoms with E-state index in [0.29, 0.717) is 0 Å². The number of aromatic nitrogens is 2. The van der Waals surface area contributed by atoms with E-state index in [1.165, 1.54) is 0 Å². The van der Waals surface area contributed by atoms with E-state index in [9.17, 15) is 4.79 Å². The third-order valence-corrected chi connectivity index (χ3v) is 5.08. The van der Waals surface area contributed by atoms with E-state index in [1.54, 1.807) is 0 Å². The molecule has 2 heterocycles. The number of imidazole rings is 1. The van der Waals surface area contributed by atoms with Gasteiger partial charge in [0.15, 0.2) is 5.78 Å². The Labute approximate surface area is 153 Å². The standard InChI is InChI=1S/C22H23N3O/c26-21(17-7-3-1-4-8-17)18-11-13-25(14-12-18)16-20-15-23-22(24-20)19-9-5-2-6-10-19/h1-10,15,18H,11-14,16H2,(H,23,24). The maximum absolute atomic E-state index is 12.6. The Morgan fingerprint density at radius 2 is 1.65 bits per heavy atom. The second kappa shape index (κ2) is 7.67. The zero-order chi connectivity index (χ0) is 17.8. The van der Waals surface area contributed by atoms with Crippen LogP contribution in [-0.4, -0.2) is 33.7 Å². The van der Waals surface area contributed by atoms with Crippen molar-refractivity contribution in [3.63, 3.8) is 0 Å². The summed E-state index contributed by atoms with van der Waals surface area (Å²) in [6.45, 7) is 2.71. The third-order valence-electron chi connectivity index (χ3n) is 5.08. The highest BCUT2D eigenvalue weighted by molar-refractivity contribution is 5.97. The van der Waals surface area contributed by atoms with Gasteiger partial charge in [-0.2, -0.15) is 0 Å². The van der Waals surface area contributed by atoms with Crippen molar-refractivity contribution in [2.24, 2.45) is 5.92 Å². The first-order valence-corrected chi connectivity index (χ1v) is 9.21. The van der Waals surface area contributed by atoms with E-state index in [1.807, 2.05) is 54.7 Å². The van der Waals surface area contributed by atoms with Crippen LogP contribution in [0.2, 0.25) is 0 Å². The molecule has 0 spiro atoms. The Hall–Kier alpha value is -2.72. The van der Waals surface area contributed by atoms with Crippen LogP contribution in [0.3, 0.4) is 0 Å². The van der Waals surface area contributed by atoms with Crippen molar-refractivity contribution < 1.29 is 4.79 Å². The number of carbonyl (C=O) groups excluding carboxylic acids is 1. The molecule has 0 amide bonds. The molecular formula is C22H23N3O. The zero-order valence-corrected chi connectivity index (χ0v) is 14.8. The maximum Gasteiger partial charge on any atom is 0.166 e. The number of benzene rings is 2. The van der Waals surface area contributed by atoms with E-state index in [-0.39, 0.29) is 11.7 Å². The van der Waals surface area contributed by atoms with Gasteiger partial charge in [0.2, 0.25) is 0 Å². The molecule has 4 rings (SSSR count). The summed E-state index contributed by atoms with van der Waals surface area (Å²) in [7, 11) is 0. The van der Waals surface area contributed by atoms with E-state index >= 15 is 0 Å². The van der Waals surface area contributed by atoms with Gasteiger partial charge in [-0.3, -0.25) is 9.69 Å². The third kappa shape index (κ3) is 3.75. The molecule has 132 valence electrons. The zero-order valence-electron chi connectivity index (χ0n) is 14.8. The van der Waals surface area contributed by atoms with Crippen LogP contribution in [-0.2, 0) is 6.54 Å². The fourth-order valence-electron chi connectivity index (χ4n) is 3.61. The normalized spacial score (nSPS) is 15.8. The van der Waals surface area contributed by atoms with Gasteiger partial charge in [0.05, 0.1) is 5.69 Å². The summed E-state index contributed by atoms with van der Waals surface area (Å²) in [5.41, 5.74) is 2.99. The van der Waals surface area contributed by atoms with Gasteiger partial charge in [0.1, 0.15) is 5.82 Å². The average Bonchev–Trinajstić information content (AvgIpc) is 3.18. The number of Topliss-reactive ketones (excluding diaryl/α,β-unsaturated/α-hetero) is 1. The quantitative estimate of drug-likeness (QED) is 0.706. The SMILES string of the molecule is O=C(c1ccccc1)C1CCN(Cc2c[nH]c(-c3ccccc3)n2)CC1. The first-order chi connectivity index (χ1) is 12.8. The molecule has 4 nitrogen and oxygen atoms in total. The smallest absolute Gasteiger partial charge is 0.166 e. The molecule has 0 unspecified atom stereocenters. The molecule has 0 atom stereocenters. The predicted octanol–water partition coefficient (Wildman–Crippen LogP) is 4.17. The maximum atomic E-state index is 12.6. The summed E-state index contributed by atoms with van der Waals surface area (Å²) in [6.07, 6.45) is 3.83. The number of aromatic amines is 1. The predicted molar refractivity (Wildman–Crippen MR) is 103 cm³/mol. The monoisotopic (exact) mass is 345 g/mol. The Morgan fingerprint density at radius 3 is 2.35 bits per heavy atom. The number of H-pyrrole nitrogens is 1. The first-order valence-electron chi connectivity index (χ1n) is 9.21. The molecule has 4 heteroatoms. The van der Waals surface area contributed by atoms with Crippen LogP contribution in [0.4, 0.5) is 0 Å². The summed E-state index contributed by atoms with van der Waals surface area (Å²) < 4.78 is 0. The number of nitrogens with zero attached hydrogens (tertiary/aromatic N) is 2. The van der Waals surface area contributed by atoms with E-state index in [0.717, 1.165) is 55.1 Å². The number of carbonyl (C=O) groups is 1. The lowest BCUT2D eigenvalue weighted by atomic mass is 9.89. The van der Waals surface area contributed by atoms with Crippen molar-refractivity contribution in [3.8, 4) is 11.4 Å². The van der Waals surface area contributed by atoms with Crippen molar-refractivity contribution >= 4 is 5.78 Å². The molecule has 1 fully saturated rings. The minimum atomic E-state index is 0.146. The van der Waals surface area contributed by atoms with Gasteiger partial charge >= 0.3 is 0 Å². The fourth-order valence-corrected chi connectivity index (χ4v) is 3.61. The van der Waals surface area contributed by atoms with E-state index in [2.05, 4.69) is 22.0 Å². The van der Waals surface area contributed by atoms with Crippen molar-refractivity contribution in [3.05, 3.63) is 78.1 Å². The summed E-state index contributed by atoms with van der Waals surface area (Å²) in [4.78, 5) is 23.0. The van der Waals surface area contributed by atoms with E-state index < -0.39 is 0 Å². The van der Waals surface area contributed by atoms with Gasteiger partial charge < -0.3 is 4.98 Å². The lowest BCUT2D eigenvalue weighted by Crippen LogP contribution is -2.36. The molecule has 0 saturated carbocycles. The molecule has 26 heavy (non-hydrogen) atoms. The van der Waals surface area contributed by atoms with Gasteiger partial charge in [-0.05, 0) is 25.9 Å². The van der Waals surface area contributed by atoms with Crippen molar-refractivity contribution in [1.29, 1.82) is 0 Å². The minimum Gasteiger partial charge on any atom is -0.344 e. The molecule has 2 aromatic carbocycles. The van der Waals surface area contributed by atoms with Crippen molar-refractivity contribution in [1.82, 2.24) is 14.9 Å². The van der Waals surface area contributed by atoms with Crippen LogP contribution in [0.5, 0.6) is 0 Å². The van der Waals surface area contributed by atoms with Crippen molar-refractivity contribution in [2.75, 3.05) is 13.1 Å². The van der Waals surface area contributed by atoms with Gasteiger partial charge in [0, 0.05) is 29.8 Å². The summed E-state index contributed by atoms with van der Waals surface area (Å²) in [5, 5.41) is 0. The van der Waals surface area contributed by atoms with Crippen molar-refractivity contribution in [2.45, 2.75) is 19.4 Å². The number of piperidine rings is 1. The van der Waals surface area contributed by atoms with Gasteiger partial charge in [0.25, 0.3) is 0 Å². The molecule has 0 radical (unpaired) electrons. The fraction of sp³-hybridized carbons (Fsp3) is 0.273. The number of hydrogen-bond acceptors (Lipinski definition) is 3. The molecule has 1 aliphatic rings. The number of hydrogen-bond donors (Lipinski definition) is 1. The molecule has 1 aromatic heterocycles. The highest BCUT2D eigenvalue weighted by Crippen LogP contribution is 2.23. The van der Waals surface area contributed by atoms with Gasteiger partial charge in [-0.25, -0.2) is 4.98 Å². The lowest BCUT2D eigenvalue weighted by molar-refractivity contribution is 0.0834. The van der Waals surface area contributed by atoms with Gasteiger partial charge in [-0.15, -0.1) is 0 Å².